The lowest BCUT2D eigenvalue weighted by Gasteiger charge is -2.38. The van der Waals surface area contributed by atoms with Gasteiger partial charge in [0.15, 0.2) is 0 Å². The molecule has 2 rings (SSSR count). The molecule has 1 unspecified atom stereocenters. The van der Waals surface area contributed by atoms with Crippen LogP contribution >= 0.6 is 11.3 Å². The number of nitrogens with zero attached hydrogens (tertiary/aromatic N) is 1. The summed E-state index contributed by atoms with van der Waals surface area (Å²) in [5, 5.41) is 7.95. The quantitative estimate of drug-likeness (QED) is 0.867. The largest absolute Gasteiger partial charge is 0.314 e. The number of hydrogen-bond donors (Lipinski definition) is 1. The SMILES string of the molecule is CCC(C)[C@H](c1ccsc1)N1CCNCC1. The van der Waals surface area contributed by atoms with Crippen molar-refractivity contribution in [2.45, 2.75) is 26.3 Å². The van der Waals surface area contributed by atoms with Gasteiger partial charge in [0, 0.05) is 32.2 Å². The third-order valence-corrected chi connectivity index (χ3v) is 4.31. The van der Waals surface area contributed by atoms with Crippen LogP contribution in [0.3, 0.4) is 0 Å². The van der Waals surface area contributed by atoms with Crippen molar-refractivity contribution in [2.75, 3.05) is 26.2 Å². The Hall–Kier alpha value is -0.380. The first-order chi connectivity index (χ1) is 7.83. The number of nitrogens with one attached hydrogen (secondary N) is 1. The van der Waals surface area contributed by atoms with Crippen LogP contribution in [0, 0.1) is 5.92 Å². The average Bonchev–Trinajstić information content (AvgIpc) is 2.84. The van der Waals surface area contributed by atoms with Crippen molar-refractivity contribution < 1.29 is 0 Å². The molecule has 2 heterocycles. The van der Waals surface area contributed by atoms with E-state index in [0.29, 0.717) is 6.04 Å². The molecule has 90 valence electrons. The highest BCUT2D eigenvalue weighted by Gasteiger charge is 2.26. The summed E-state index contributed by atoms with van der Waals surface area (Å²) in [4.78, 5) is 2.65. The minimum Gasteiger partial charge on any atom is -0.314 e. The highest BCUT2D eigenvalue weighted by Crippen LogP contribution is 2.32. The van der Waals surface area contributed by atoms with Gasteiger partial charge in [-0.2, -0.15) is 11.3 Å². The molecule has 1 aromatic heterocycles. The predicted octanol–water partition coefficient (Wildman–Crippen LogP) is 2.74. The Morgan fingerprint density at radius 1 is 1.44 bits per heavy atom. The summed E-state index contributed by atoms with van der Waals surface area (Å²) in [5.74, 6) is 0.743. The molecule has 3 heteroatoms. The summed E-state index contributed by atoms with van der Waals surface area (Å²) in [5.41, 5.74) is 1.52. The fourth-order valence-corrected chi connectivity index (χ4v) is 3.22. The van der Waals surface area contributed by atoms with Gasteiger partial charge in [-0.3, -0.25) is 4.90 Å². The molecule has 0 radical (unpaired) electrons. The molecule has 0 aliphatic carbocycles. The second-order valence-electron chi connectivity index (χ2n) is 4.67. The summed E-state index contributed by atoms with van der Waals surface area (Å²) in [7, 11) is 0. The fourth-order valence-electron chi connectivity index (χ4n) is 2.53. The minimum atomic E-state index is 0.623. The molecule has 0 aromatic carbocycles. The second kappa shape index (κ2) is 5.80. The number of hydrogen-bond acceptors (Lipinski definition) is 3. The van der Waals surface area contributed by atoms with Crippen LogP contribution in [0.4, 0.5) is 0 Å². The Kier molecular flexibility index (Phi) is 4.38. The van der Waals surface area contributed by atoms with Crippen molar-refractivity contribution in [3.05, 3.63) is 22.4 Å². The zero-order valence-electron chi connectivity index (χ0n) is 10.3. The summed E-state index contributed by atoms with van der Waals surface area (Å²) in [6.45, 7) is 9.32. The average molecular weight is 238 g/mol. The van der Waals surface area contributed by atoms with Gasteiger partial charge in [0.2, 0.25) is 0 Å². The lowest BCUT2D eigenvalue weighted by Crippen LogP contribution is -2.46. The highest BCUT2D eigenvalue weighted by atomic mass is 32.1. The molecule has 2 nitrogen and oxygen atoms in total. The molecule has 0 amide bonds. The first kappa shape index (κ1) is 12.1. The lowest BCUT2D eigenvalue weighted by molar-refractivity contribution is 0.129. The number of thiophene rings is 1. The van der Waals surface area contributed by atoms with Crippen LogP contribution in [-0.4, -0.2) is 31.1 Å². The van der Waals surface area contributed by atoms with Crippen molar-refractivity contribution in [1.29, 1.82) is 0 Å². The third-order valence-electron chi connectivity index (χ3n) is 3.61. The standard InChI is InChI=1S/C13H22N2S/c1-3-11(2)13(12-4-9-16-10-12)15-7-5-14-6-8-15/h4,9-11,13-14H,3,5-8H2,1-2H3/t11?,13-/m1/s1. The van der Waals surface area contributed by atoms with Gasteiger partial charge in [-0.1, -0.05) is 20.3 Å². The van der Waals surface area contributed by atoms with E-state index in [1.165, 1.54) is 25.1 Å². The normalized spacial score (nSPS) is 21.9. The van der Waals surface area contributed by atoms with Gasteiger partial charge in [0.25, 0.3) is 0 Å². The Bertz CT molecular complexity index is 291. The van der Waals surface area contributed by atoms with Crippen molar-refractivity contribution in [3.63, 3.8) is 0 Å². The van der Waals surface area contributed by atoms with Crippen LogP contribution in [0.5, 0.6) is 0 Å². The third kappa shape index (κ3) is 2.65. The Balaban J connectivity index is 2.13. The molecule has 1 fully saturated rings. The Morgan fingerprint density at radius 3 is 2.75 bits per heavy atom. The fraction of sp³-hybridized carbons (Fsp3) is 0.692. The van der Waals surface area contributed by atoms with E-state index in [4.69, 9.17) is 0 Å². The highest BCUT2D eigenvalue weighted by molar-refractivity contribution is 7.07. The molecule has 1 aliphatic rings. The van der Waals surface area contributed by atoms with Crippen LogP contribution in [0.15, 0.2) is 16.8 Å². The molecule has 1 saturated heterocycles. The maximum absolute atomic E-state index is 3.43. The smallest absolute Gasteiger partial charge is 0.0382 e. The monoisotopic (exact) mass is 238 g/mol. The molecule has 1 N–H and O–H groups in total. The molecule has 1 aliphatic heterocycles. The van der Waals surface area contributed by atoms with E-state index >= 15 is 0 Å². The van der Waals surface area contributed by atoms with E-state index in [2.05, 4.69) is 40.9 Å². The molecule has 16 heavy (non-hydrogen) atoms. The lowest BCUT2D eigenvalue weighted by atomic mass is 9.92. The first-order valence-electron chi connectivity index (χ1n) is 6.29. The van der Waals surface area contributed by atoms with Crippen molar-refractivity contribution in [3.8, 4) is 0 Å². The van der Waals surface area contributed by atoms with Gasteiger partial charge >= 0.3 is 0 Å². The predicted molar refractivity (Wildman–Crippen MR) is 71.0 cm³/mol. The van der Waals surface area contributed by atoms with Crippen LogP contribution in [0.2, 0.25) is 0 Å². The van der Waals surface area contributed by atoms with Crippen LogP contribution < -0.4 is 5.32 Å². The van der Waals surface area contributed by atoms with Gasteiger partial charge in [0.05, 0.1) is 0 Å². The van der Waals surface area contributed by atoms with Crippen LogP contribution in [0.25, 0.3) is 0 Å². The van der Waals surface area contributed by atoms with Crippen LogP contribution in [-0.2, 0) is 0 Å². The van der Waals surface area contributed by atoms with E-state index in [-0.39, 0.29) is 0 Å². The molecular formula is C13H22N2S. The van der Waals surface area contributed by atoms with Gasteiger partial charge < -0.3 is 5.32 Å². The molecule has 0 saturated carbocycles. The number of rotatable bonds is 4. The topological polar surface area (TPSA) is 15.3 Å². The van der Waals surface area contributed by atoms with Crippen molar-refractivity contribution in [2.24, 2.45) is 5.92 Å². The van der Waals surface area contributed by atoms with Crippen molar-refractivity contribution in [1.82, 2.24) is 10.2 Å². The first-order valence-corrected chi connectivity index (χ1v) is 7.24. The molecule has 2 atom stereocenters. The number of piperazine rings is 1. The van der Waals surface area contributed by atoms with Gasteiger partial charge in [0.1, 0.15) is 0 Å². The summed E-state index contributed by atoms with van der Waals surface area (Å²) in [6.07, 6.45) is 1.25. The Morgan fingerprint density at radius 2 is 2.19 bits per heavy atom. The van der Waals surface area contributed by atoms with E-state index < -0.39 is 0 Å². The van der Waals surface area contributed by atoms with E-state index in [9.17, 15) is 0 Å². The van der Waals surface area contributed by atoms with Gasteiger partial charge in [-0.15, -0.1) is 0 Å². The van der Waals surface area contributed by atoms with E-state index in [1.807, 2.05) is 11.3 Å². The zero-order chi connectivity index (χ0) is 11.4. The summed E-state index contributed by atoms with van der Waals surface area (Å²) < 4.78 is 0. The van der Waals surface area contributed by atoms with Crippen LogP contribution in [0.1, 0.15) is 31.9 Å². The van der Waals surface area contributed by atoms with E-state index in [0.717, 1.165) is 19.0 Å². The molecular weight excluding hydrogens is 216 g/mol. The van der Waals surface area contributed by atoms with Crippen molar-refractivity contribution >= 4 is 11.3 Å². The minimum absolute atomic E-state index is 0.623. The second-order valence-corrected chi connectivity index (χ2v) is 5.45. The maximum atomic E-state index is 3.43. The maximum Gasteiger partial charge on any atom is 0.0382 e. The van der Waals surface area contributed by atoms with E-state index in [1.54, 1.807) is 0 Å². The van der Waals surface area contributed by atoms with Gasteiger partial charge in [-0.05, 0) is 28.3 Å². The molecule has 0 bridgehead atoms. The van der Waals surface area contributed by atoms with Gasteiger partial charge in [-0.25, -0.2) is 0 Å². The zero-order valence-corrected chi connectivity index (χ0v) is 11.1. The summed E-state index contributed by atoms with van der Waals surface area (Å²) >= 11 is 1.82. The molecule has 1 aromatic rings. The summed E-state index contributed by atoms with van der Waals surface area (Å²) in [6, 6.07) is 2.92. The Labute approximate surface area is 103 Å². The molecule has 0 spiro atoms.